The van der Waals surface area contributed by atoms with Gasteiger partial charge in [0.15, 0.2) is 16.4 Å². The van der Waals surface area contributed by atoms with E-state index in [1.165, 1.54) is 21.3 Å². The first-order valence-electron chi connectivity index (χ1n) is 9.49. The highest BCUT2D eigenvalue weighted by Gasteiger charge is 2.38. The van der Waals surface area contributed by atoms with Gasteiger partial charge in [-0.25, -0.2) is 8.42 Å². The Bertz CT molecular complexity index is 1120. The van der Waals surface area contributed by atoms with Crippen molar-refractivity contribution >= 4 is 32.9 Å². The summed E-state index contributed by atoms with van der Waals surface area (Å²) in [5, 5.41) is 2.71. The monoisotopic (exact) mass is 430 g/mol. The van der Waals surface area contributed by atoms with Crippen LogP contribution < -0.4 is 19.1 Å². The van der Waals surface area contributed by atoms with Crippen LogP contribution in [0.25, 0.3) is 5.57 Å². The molecule has 7 nitrogen and oxygen atoms in total. The second-order valence-electron chi connectivity index (χ2n) is 7.38. The van der Waals surface area contributed by atoms with Crippen molar-refractivity contribution in [3.05, 3.63) is 52.4 Å². The zero-order chi connectivity index (χ0) is 22.2. The Morgan fingerprint density at radius 3 is 2.13 bits per heavy atom. The summed E-state index contributed by atoms with van der Waals surface area (Å²) < 4.78 is 38.0. The number of allylic oxidation sites excluding steroid dienone is 1. The summed E-state index contributed by atoms with van der Waals surface area (Å²) in [5.74, 6) is 0.532. The molecule has 0 aromatic heterocycles. The van der Waals surface area contributed by atoms with Gasteiger partial charge in [0.05, 0.1) is 19.9 Å². The van der Waals surface area contributed by atoms with E-state index in [1.807, 2.05) is 12.1 Å². The van der Waals surface area contributed by atoms with E-state index in [9.17, 15) is 13.2 Å². The number of hydrogen-bond donors (Lipinski definition) is 1. The van der Waals surface area contributed by atoms with Crippen LogP contribution in [0.1, 0.15) is 37.8 Å². The number of methoxy groups -OCH3 is 2. The van der Waals surface area contributed by atoms with E-state index >= 15 is 0 Å². The molecule has 8 heteroatoms. The van der Waals surface area contributed by atoms with Gasteiger partial charge in [0.25, 0.3) is 15.9 Å². The molecule has 0 aliphatic carbocycles. The number of hydrogen-bond acceptors (Lipinski definition) is 5. The lowest BCUT2D eigenvalue weighted by Crippen LogP contribution is -2.36. The second kappa shape index (κ2) is 8.02. The molecule has 3 rings (SSSR count). The Hall–Kier alpha value is -3.00. The Balaban J connectivity index is 2.07. The molecule has 0 unspecified atom stereocenters. The van der Waals surface area contributed by atoms with Crippen LogP contribution in [0.4, 0.5) is 11.4 Å². The molecule has 0 atom stereocenters. The van der Waals surface area contributed by atoms with Crippen LogP contribution in [0.3, 0.4) is 0 Å². The summed E-state index contributed by atoms with van der Waals surface area (Å²) in [6.45, 7) is 5.77. The number of benzene rings is 2. The lowest BCUT2D eigenvalue weighted by Gasteiger charge is -2.30. The van der Waals surface area contributed by atoms with Crippen LogP contribution >= 0.6 is 0 Å². The zero-order valence-corrected chi connectivity index (χ0v) is 18.8. The van der Waals surface area contributed by atoms with Crippen molar-refractivity contribution in [1.29, 1.82) is 0 Å². The van der Waals surface area contributed by atoms with Crippen LogP contribution in [0.5, 0.6) is 11.5 Å². The van der Waals surface area contributed by atoms with E-state index in [2.05, 4.69) is 19.2 Å². The predicted molar refractivity (Wildman–Crippen MR) is 119 cm³/mol. The third-order valence-corrected chi connectivity index (χ3v) is 7.17. The van der Waals surface area contributed by atoms with Crippen molar-refractivity contribution in [2.75, 3.05) is 30.9 Å². The zero-order valence-electron chi connectivity index (χ0n) is 17.9. The molecule has 0 spiro atoms. The SMILES string of the molecule is COc1cc2c(cc1OC)N(C)S(=O)(=O)C(C(=O)Nc1ccc(C(C)C)cc1)=C2C. The second-order valence-corrected chi connectivity index (χ2v) is 9.29. The number of anilines is 2. The number of fused-ring (bicyclic) bond motifs is 1. The third kappa shape index (κ3) is 3.63. The molecule has 2 aromatic carbocycles. The van der Waals surface area contributed by atoms with Crippen molar-refractivity contribution in [2.24, 2.45) is 0 Å². The number of ether oxygens (including phenoxy) is 2. The van der Waals surface area contributed by atoms with Crippen LogP contribution in [0.15, 0.2) is 41.3 Å². The Labute approximate surface area is 177 Å². The number of nitrogens with one attached hydrogen (secondary N) is 1. The maximum atomic E-state index is 13.2. The van der Waals surface area contributed by atoms with Crippen molar-refractivity contribution in [3.8, 4) is 11.5 Å². The molecule has 1 aliphatic rings. The normalized spacial score (nSPS) is 15.1. The molecule has 0 fully saturated rings. The van der Waals surface area contributed by atoms with Gasteiger partial charge >= 0.3 is 0 Å². The quantitative estimate of drug-likeness (QED) is 0.776. The molecule has 0 saturated heterocycles. The Morgan fingerprint density at radius 2 is 1.60 bits per heavy atom. The Kier molecular flexibility index (Phi) is 5.81. The molecular formula is C22H26N2O5S. The van der Waals surface area contributed by atoms with Crippen LogP contribution in [-0.4, -0.2) is 35.6 Å². The first-order chi connectivity index (χ1) is 14.1. The lowest BCUT2D eigenvalue weighted by atomic mass is 10.0. The molecule has 0 saturated carbocycles. The summed E-state index contributed by atoms with van der Waals surface area (Å²) in [5.41, 5.74) is 3.01. The highest BCUT2D eigenvalue weighted by Crippen LogP contribution is 2.44. The van der Waals surface area contributed by atoms with Gasteiger partial charge in [-0.1, -0.05) is 26.0 Å². The molecule has 160 valence electrons. The van der Waals surface area contributed by atoms with Gasteiger partial charge < -0.3 is 14.8 Å². The van der Waals surface area contributed by atoms with E-state index in [4.69, 9.17) is 9.47 Å². The summed E-state index contributed by atoms with van der Waals surface area (Å²) >= 11 is 0. The Morgan fingerprint density at radius 1 is 1.03 bits per heavy atom. The molecule has 1 aliphatic heterocycles. The van der Waals surface area contributed by atoms with Crippen LogP contribution in [-0.2, 0) is 14.8 Å². The highest BCUT2D eigenvalue weighted by atomic mass is 32.2. The largest absolute Gasteiger partial charge is 0.493 e. The van der Waals surface area contributed by atoms with Crippen LogP contribution in [0, 0.1) is 0 Å². The van der Waals surface area contributed by atoms with E-state index in [1.54, 1.807) is 31.2 Å². The highest BCUT2D eigenvalue weighted by molar-refractivity contribution is 7.97. The number of carbonyl (C=O) groups is 1. The number of nitrogens with zero attached hydrogens (tertiary/aromatic N) is 1. The molecule has 1 heterocycles. The third-order valence-electron chi connectivity index (χ3n) is 5.25. The van der Waals surface area contributed by atoms with Crippen molar-refractivity contribution < 1.29 is 22.7 Å². The smallest absolute Gasteiger partial charge is 0.269 e. The minimum Gasteiger partial charge on any atom is -0.493 e. The van der Waals surface area contributed by atoms with Crippen molar-refractivity contribution in [2.45, 2.75) is 26.7 Å². The maximum Gasteiger partial charge on any atom is 0.269 e. The van der Waals surface area contributed by atoms with Gasteiger partial charge in [-0.05, 0) is 42.2 Å². The molecular weight excluding hydrogens is 404 g/mol. The summed E-state index contributed by atoms with van der Waals surface area (Å²) in [7, 11) is 0.349. The minimum atomic E-state index is -4.05. The maximum absolute atomic E-state index is 13.2. The standard InChI is InChI=1S/C22H26N2O5S/c1-13(2)15-7-9-16(10-8-15)23-22(25)21-14(3)17-11-19(28-5)20(29-6)12-18(17)24(4)30(21,26)27/h7-13H,1-6H3,(H,23,25). The molecule has 30 heavy (non-hydrogen) atoms. The summed E-state index contributed by atoms with van der Waals surface area (Å²) in [6, 6.07) is 10.6. The summed E-state index contributed by atoms with van der Waals surface area (Å²) in [4.78, 5) is 12.7. The van der Waals surface area contributed by atoms with E-state index in [0.717, 1.165) is 9.87 Å². The first kappa shape index (κ1) is 21.7. The van der Waals surface area contributed by atoms with Gasteiger partial charge in [0.2, 0.25) is 0 Å². The number of rotatable bonds is 5. The molecule has 0 bridgehead atoms. The number of carbonyl (C=O) groups excluding carboxylic acids is 1. The van der Waals surface area contributed by atoms with Crippen molar-refractivity contribution in [1.82, 2.24) is 0 Å². The van der Waals surface area contributed by atoms with Gasteiger partial charge in [-0.3, -0.25) is 9.10 Å². The fourth-order valence-corrected chi connectivity index (χ4v) is 4.90. The lowest BCUT2D eigenvalue weighted by molar-refractivity contribution is -0.112. The van der Waals surface area contributed by atoms with Gasteiger partial charge in [-0.15, -0.1) is 0 Å². The van der Waals surface area contributed by atoms with Gasteiger partial charge in [-0.2, -0.15) is 0 Å². The van der Waals surface area contributed by atoms with E-state index in [0.29, 0.717) is 39.9 Å². The van der Waals surface area contributed by atoms with Crippen LogP contribution in [0.2, 0.25) is 0 Å². The van der Waals surface area contributed by atoms with Gasteiger partial charge in [0.1, 0.15) is 0 Å². The van der Waals surface area contributed by atoms with E-state index < -0.39 is 15.9 Å². The van der Waals surface area contributed by atoms with Gasteiger partial charge in [0, 0.05) is 24.4 Å². The number of amides is 1. The molecule has 1 amide bonds. The molecule has 1 N–H and O–H groups in total. The first-order valence-corrected chi connectivity index (χ1v) is 10.9. The number of sulfonamides is 1. The topological polar surface area (TPSA) is 84.9 Å². The molecule has 0 radical (unpaired) electrons. The fraction of sp³-hybridized carbons (Fsp3) is 0.318. The fourth-order valence-electron chi connectivity index (χ4n) is 3.44. The molecule has 2 aromatic rings. The van der Waals surface area contributed by atoms with E-state index in [-0.39, 0.29) is 4.91 Å². The average Bonchev–Trinajstić information content (AvgIpc) is 2.71. The average molecular weight is 431 g/mol. The summed E-state index contributed by atoms with van der Waals surface area (Å²) in [6.07, 6.45) is 0. The predicted octanol–water partition coefficient (Wildman–Crippen LogP) is 3.98. The minimum absolute atomic E-state index is 0.294. The van der Waals surface area contributed by atoms with Crippen molar-refractivity contribution in [3.63, 3.8) is 0 Å².